The molecule has 23 heavy (non-hydrogen) atoms. The third-order valence-corrected chi connectivity index (χ3v) is 4.44. The first-order valence-corrected chi connectivity index (χ1v) is 7.81. The van der Waals surface area contributed by atoms with Crippen LogP contribution in [0.5, 0.6) is 0 Å². The number of aliphatic hydroxyl groups is 1. The topological polar surface area (TPSA) is 46.5 Å². The van der Waals surface area contributed by atoms with Crippen molar-refractivity contribution in [3.8, 4) is 0 Å². The number of rotatable bonds is 5. The van der Waals surface area contributed by atoms with Gasteiger partial charge in [-0.15, -0.1) is 0 Å². The highest BCUT2D eigenvalue weighted by atomic mass is 16.5. The van der Waals surface area contributed by atoms with Gasteiger partial charge in [0.15, 0.2) is 0 Å². The highest BCUT2D eigenvalue weighted by molar-refractivity contribution is 5.76. The third-order valence-electron chi connectivity index (χ3n) is 4.44. The molecule has 0 spiro atoms. The fourth-order valence-electron chi connectivity index (χ4n) is 2.83. The number of aliphatic hydroxyl groups excluding tert-OH is 1. The molecule has 0 bridgehead atoms. The molecule has 0 saturated heterocycles. The monoisotopic (exact) mass is 312 g/mol. The summed E-state index contributed by atoms with van der Waals surface area (Å²) >= 11 is 0. The average Bonchev–Trinajstić information content (AvgIpc) is 2.56. The summed E-state index contributed by atoms with van der Waals surface area (Å²) in [5.74, 6) is -0.547. The zero-order valence-corrected chi connectivity index (χ0v) is 14.0. The number of methoxy groups -OCH3 is 1. The van der Waals surface area contributed by atoms with Crippen molar-refractivity contribution >= 4 is 11.5 Å². The summed E-state index contributed by atoms with van der Waals surface area (Å²) in [6.07, 6.45) is 10.4. The molecule has 0 saturated carbocycles. The molecule has 3 nitrogen and oxygen atoms in total. The summed E-state index contributed by atoms with van der Waals surface area (Å²) in [4.78, 5) is 12.0. The number of carbonyl (C=O) groups excluding carboxylic acids is 1. The summed E-state index contributed by atoms with van der Waals surface area (Å²) < 4.78 is 4.92. The van der Waals surface area contributed by atoms with Gasteiger partial charge in [-0.05, 0) is 24.5 Å². The Kier molecular flexibility index (Phi) is 5.56. The van der Waals surface area contributed by atoms with Crippen LogP contribution >= 0.6 is 0 Å². The Morgan fingerprint density at radius 3 is 2.61 bits per heavy atom. The van der Waals surface area contributed by atoms with Gasteiger partial charge in [0.1, 0.15) is 0 Å². The van der Waals surface area contributed by atoms with E-state index in [4.69, 9.17) is 4.74 Å². The Morgan fingerprint density at radius 1 is 1.30 bits per heavy atom. The minimum Gasteiger partial charge on any atom is -0.469 e. The first kappa shape index (κ1) is 17.2. The van der Waals surface area contributed by atoms with Crippen molar-refractivity contribution in [2.75, 3.05) is 13.7 Å². The average molecular weight is 312 g/mol. The Bertz CT molecular complexity index is 637. The third kappa shape index (κ3) is 3.99. The molecule has 0 aliphatic heterocycles. The van der Waals surface area contributed by atoms with Crippen LogP contribution in [0.25, 0.3) is 5.57 Å². The van der Waals surface area contributed by atoms with Gasteiger partial charge in [0, 0.05) is 5.41 Å². The zero-order chi connectivity index (χ0) is 16.9. The van der Waals surface area contributed by atoms with E-state index >= 15 is 0 Å². The van der Waals surface area contributed by atoms with Crippen molar-refractivity contribution in [3.63, 3.8) is 0 Å². The Labute approximate surface area is 138 Å². The fraction of sp³-hybridized carbons (Fsp3) is 0.350. The summed E-state index contributed by atoms with van der Waals surface area (Å²) in [6, 6.07) is 8.07. The van der Waals surface area contributed by atoms with Crippen LogP contribution in [-0.4, -0.2) is 24.8 Å². The van der Waals surface area contributed by atoms with E-state index in [1.807, 2.05) is 68.5 Å². The molecule has 3 heteroatoms. The molecular weight excluding hydrogens is 288 g/mol. The Morgan fingerprint density at radius 2 is 2.00 bits per heavy atom. The van der Waals surface area contributed by atoms with E-state index < -0.39 is 0 Å². The Balaban J connectivity index is 2.24. The molecule has 1 aromatic carbocycles. The van der Waals surface area contributed by atoms with Gasteiger partial charge >= 0.3 is 5.97 Å². The molecule has 1 aromatic rings. The van der Waals surface area contributed by atoms with E-state index in [0.29, 0.717) is 6.42 Å². The lowest BCUT2D eigenvalue weighted by atomic mass is 9.71. The quantitative estimate of drug-likeness (QED) is 0.844. The van der Waals surface area contributed by atoms with Crippen LogP contribution in [0.2, 0.25) is 0 Å². The maximum atomic E-state index is 12.0. The molecule has 2 atom stereocenters. The maximum absolute atomic E-state index is 12.0. The van der Waals surface area contributed by atoms with E-state index in [1.54, 1.807) is 0 Å². The van der Waals surface area contributed by atoms with E-state index in [2.05, 4.69) is 0 Å². The minimum absolute atomic E-state index is 0.0262. The highest BCUT2D eigenvalue weighted by Crippen LogP contribution is 2.38. The van der Waals surface area contributed by atoms with E-state index in [-0.39, 0.29) is 23.9 Å². The van der Waals surface area contributed by atoms with Crippen molar-refractivity contribution in [2.45, 2.75) is 20.3 Å². The number of hydrogen-bond acceptors (Lipinski definition) is 3. The van der Waals surface area contributed by atoms with Crippen molar-refractivity contribution < 1.29 is 14.6 Å². The summed E-state index contributed by atoms with van der Waals surface area (Å²) in [7, 11) is 1.41. The van der Waals surface area contributed by atoms with Gasteiger partial charge in [-0.2, -0.15) is 0 Å². The van der Waals surface area contributed by atoms with E-state index in [9.17, 15) is 9.90 Å². The summed E-state index contributed by atoms with van der Waals surface area (Å²) in [5, 5.41) is 9.69. The Hall–Kier alpha value is -2.13. The zero-order valence-electron chi connectivity index (χ0n) is 14.0. The van der Waals surface area contributed by atoms with E-state index in [0.717, 1.165) is 11.1 Å². The van der Waals surface area contributed by atoms with Gasteiger partial charge < -0.3 is 9.84 Å². The molecule has 0 radical (unpaired) electrons. The van der Waals surface area contributed by atoms with Crippen molar-refractivity contribution in [1.29, 1.82) is 0 Å². The molecule has 0 amide bonds. The summed E-state index contributed by atoms with van der Waals surface area (Å²) in [6.45, 7) is 4.05. The van der Waals surface area contributed by atoms with Crippen LogP contribution < -0.4 is 0 Å². The number of ether oxygens (including phenoxy) is 1. The second-order valence-corrected chi connectivity index (χ2v) is 6.21. The summed E-state index contributed by atoms with van der Waals surface area (Å²) in [5.41, 5.74) is 2.71. The van der Waals surface area contributed by atoms with Gasteiger partial charge in [-0.1, -0.05) is 67.1 Å². The molecule has 1 aliphatic carbocycles. The molecule has 0 fully saturated rings. The minimum atomic E-state index is -0.354. The maximum Gasteiger partial charge on any atom is 0.313 e. The van der Waals surface area contributed by atoms with Crippen molar-refractivity contribution in [1.82, 2.24) is 0 Å². The van der Waals surface area contributed by atoms with Crippen LogP contribution in [0.1, 0.15) is 24.5 Å². The molecule has 122 valence electrons. The largest absolute Gasteiger partial charge is 0.469 e. The second-order valence-electron chi connectivity index (χ2n) is 6.21. The molecule has 0 heterocycles. The predicted octanol–water partition coefficient (Wildman–Crippen LogP) is 3.68. The lowest BCUT2D eigenvalue weighted by Crippen LogP contribution is -2.32. The van der Waals surface area contributed by atoms with Crippen LogP contribution in [-0.2, 0) is 9.53 Å². The smallest absolute Gasteiger partial charge is 0.313 e. The van der Waals surface area contributed by atoms with Crippen molar-refractivity contribution in [3.05, 3.63) is 65.8 Å². The van der Waals surface area contributed by atoms with Gasteiger partial charge in [0.25, 0.3) is 0 Å². The number of benzene rings is 1. The lowest BCUT2D eigenvalue weighted by molar-refractivity contribution is -0.146. The first-order valence-electron chi connectivity index (χ1n) is 7.81. The van der Waals surface area contributed by atoms with Crippen LogP contribution in [0.3, 0.4) is 0 Å². The number of aryl methyl sites for hydroxylation is 1. The standard InChI is InChI=1S/C20H24O3/c1-15-7-9-16(10-8-15)17(14-21)11-13-20(2)12-5-4-6-18(20)19(22)23-3/h4-12,18,21H,13-14H2,1-3H3/b17-11+. The molecule has 1 aliphatic rings. The van der Waals surface area contributed by atoms with Crippen LogP contribution in [0.4, 0.5) is 0 Å². The normalized spacial score (nSPS) is 23.8. The number of allylic oxidation sites excluding steroid dienone is 4. The number of esters is 1. The fourth-order valence-corrected chi connectivity index (χ4v) is 2.83. The van der Waals surface area contributed by atoms with Gasteiger partial charge in [0.2, 0.25) is 0 Å². The second kappa shape index (κ2) is 7.42. The molecule has 1 N–H and O–H groups in total. The highest BCUT2D eigenvalue weighted by Gasteiger charge is 2.36. The number of hydrogen-bond donors (Lipinski definition) is 1. The molecule has 2 rings (SSSR count). The molecule has 0 aromatic heterocycles. The van der Waals surface area contributed by atoms with Crippen molar-refractivity contribution in [2.24, 2.45) is 11.3 Å². The van der Waals surface area contributed by atoms with Gasteiger partial charge in [-0.25, -0.2) is 0 Å². The molecule has 2 unspecified atom stereocenters. The lowest BCUT2D eigenvalue weighted by Gasteiger charge is -2.32. The van der Waals surface area contributed by atoms with Crippen LogP contribution in [0, 0.1) is 18.3 Å². The number of carbonyl (C=O) groups is 1. The van der Waals surface area contributed by atoms with Gasteiger partial charge in [0.05, 0.1) is 19.6 Å². The predicted molar refractivity (Wildman–Crippen MR) is 92.8 cm³/mol. The van der Waals surface area contributed by atoms with Crippen LogP contribution in [0.15, 0.2) is 54.6 Å². The molecular formula is C20H24O3. The SMILES string of the molecule is COC(=O)C1C=CC=CC1(C)C/C=C(\CO)c1ccc(C)cc1. The van der Waals surface area contributed by atoms with Gasteiger partial charge in [-0.3, -0.25) is 4.79 Å². The first-order chi connectivity index (χ1) is 11.0. The van der Waals surface area contributed by atoms with E-state index in [1.165, 1.54) is 12.7 Å².